The van der Waals surface area contributed by atoms with Crippen molar-refractivity contribution >= 4 is 11.6 Å². The van der Waals surface area contributed by atoms with Gasteiger partial charge in [0.25, 0.3) is 5.91 Å². The van der Waals surface area contributed by atoms with Gasteiger partial charge in [-0.1, -0.05) is 12.5 Å². The molecule has 1 aliphatic heterocycles. The van der Waals surface area contributed by atoms with Gasteiger partial charge in [-0.3, -0.25) is 9.69 Å². The van der Waals surface area contributed by atoms with Gasteiger partial charge in [0.05, 0.1) is 0 Å². The Hall–Kier alpha value is -1.55. The number of carbonyl (C=O) groups excluding carboxylic acids is 1. The minimum absolute atomic E-state index is 0.0452. The van der Waals surface area contributed by atoms with Gasteiger partial charge in [-0.25, -0.2) is 0 Å². The van der Waals surface area contributed by atoms with Gasteiger partial charge >= 0.3 is 0 Å². The lowest BCUT2D eigenvalue weighted by atomic mass is 10.1. The predicted octanol–water partition coefficient (Wildman–Crippen LogP) is 1.87. The molecule has 4 nitrogen and oxygen atoms in total. The number of hydrogen-bond donors (Lipinski definition) is 2. The third-order valence-electron chi connectivity index (χ3n) is 3.72. The number of nitrogens with one attached hydrogen (secondary N) is 1. The molecule has 104 valence electrons. The van der Waals surface area contributed by atoms with Gasteiger partial charge < -0.3 is 11.1 Å². The highest BCUT2D eigenvalue weighted by molar-refractivity contribution is 5.94. The highest BCUT2D eigenvalue weighted by Crippen LogP contribution is 2.12. The Balaban J connectivity index is 1.82. The summed E-state index contributed by atoms with van der Waals surface area (Å²) < 4.78 is 0. The highest BCUT2D eigenvalue weighted by atomic mass is 16.1. The lowest BCUT2D eigenvalue weighted by Gasteiger charge is -2.32. The van der Waals surface area contributed by atoms with Crippen molar-refractivity contribution in [2.24, 2.45) is 0 Å². The van der Waals surface area contributed by atoms with E-state index in [1.165, 1.54) is 19.3 Å². The zero-order valence-corrected chi connectivity index (χ0v) is 11.6. The average Bonchev–Trinajstić information content (AvgIpc) is 2.45. The largest absolute Gasteiger partial charge is 0.399 e. The molecule has 1 unspecified atom stereocenters. The lowest BCUT2D eigenvalue weighted by Crippen LogP contribution is -2.44. The number of anilines is 1. The second kappa shape index (κ2) is 6.57. The first-order chi connectivity index (χ1) is 9.16. The Morgan fingerprint density at radius 3 is 2.79 bits per heavy atom. The Bertz CT molecular complexity index is 427. The number of hydrogen-bond acceptors (Lipinski definition) is 3. The van der Waals surface area contributed by atoms with Crippen LogP contribution >= 0.6 is 0 Å². The first-order valence-corrected chi connectivity index (χ1v) is 7.04. The van der Waals surface area contributed by atoms with Crippen LogP contribution in [0.25, 0.3) is 0 Å². The maximum atomic E-state index is 12.0. The molecule has 1 saturated heterocycles. The van der Waals surface area contributed by atoms with Crippen LogP contribution in [0.4, 0.5) is 5.69 Å². The molecule has 3 N–H and O–H groups in total. The van der Waals surface area contributed by atoms with Crippen LogP contribution in [0.3, 0.4) is 0 Å². The van der Waals surface area contributed by atoms with Gasteiger partial charge in [-0.05, 0) is 51.1 Å². The van der Waals surface area contributed by atoms with E-state index in [1.807, 2.05) is 0 Å². The van der Waals surface area contributed by atoms with Crippen molar-refractivity contribution in [1.82, 2.24) is 10.2 Å². The van der Waals surface area contributed by atoms with Crippen LogP contribution in [0, 0.1) is 0 Å². The molecule has 2 rings (SSSR count). The fourth-order valence-electron chi connectivity index (χ4n) is 2.51. The topological polar surface area (TPSA) is 58.4 Å². The fourth-order valence-corrected chi connectivity index (χ4v) is 2.51. The summed E-state index contributed by atoms with van der Waals surface area (Å²) in [6, 6.07) is 7.48. The van der Waals surface area contributed by atoms with Crippen LogP contribution in [0.2, 0.25) is 0 Å². The summed E-state index contributed by atoms with van der Waals surface area (Å²) in [4.78, 5) is 14.4. The summed E-state index contributed by atoms with van der Waals surface area (Å²) in [5, 5.41) is 2.99. The molecular weight excluding hydrogens is 238 g/mol. The summed E-state index contributed by atoms with van der Waals surface area (Å²) in [5.74, 6) is -0.0452. The Morgan fingerprint density at radius 1 is 1.37 bits per heavy atom. The number of nitrogens with zero attached hydrogens (tertiary/aromatic N) is 1. The van der Waals surface area contributed by atoms with E-state index in [2.05, 4.69) is 17.1 Å². The summed E-state index contributed by atoms with van der Waals surface area (Å²) in [7, 11) is 0. The van der Waals surface area contributed by atoms with Gasteiger partial charge in [0.1, 0.15) is 0 Å². The van der Waals surface area contributed by atoms with Crippen molar-refractivity contribution in [3.63, 3.8) is 0 Å². The molecule has 1 aromatic rings. The average molecular weight is 261 g/mol. The first-order valence-electron chi connectivity index (χ1n) is 7.04. The predicted molar refractivity (Wildman–Crippen MR) is 78.1 cm³/mol. The summed E-state index contributed by atoms with van der Waals surface area (Å²) in [6.45, 7) is 5.16. The molecule has 0 spiro atoms. The Labute approximate surface area is 115 Å². The molecule has 4 heteroatoms. The number of benzene rings is 1. The van der Waals surface area contributed by atoms with Gasteiger partial charge in [-0.2, -0.15) is 0 Å². The van der Waals surface area contributed by atoms with E-state index in [-0.39, 0.29) is 5.91 Å². The van der Waals surface area contributed by atoms with Crippen molar-refractivity contribution in [2.75, 3.05) is 25.4 Å². The second-order valence-corrected chi connectivity index (χ2v) is 5.28. The van der Waals surface area contributed by atoms with Crippen LogP contribution < -0.4 is 11.1 Å². The van der Waals surface area contributed by atoms with Crippen LogP contribution in [0.15, 0.2) is 24.3 Å². The molecule has 1 fully saturated rings. The smallest absolute Gasteiger partial charge is 0.251 e. The fraction of sp³-hybridized carbons (Fsp3) is 0.533. The molecule has 19 heavy (non-hydrogen) atoms. The number of nitrogens with two attached hydrogens (primary N) is 1. The molecule has 1 heterocycles. The van der Waals surface area contributed by atoms with Crippen molar-refractivity contribution in [2.45, 2.75) is 32.2 Å². The van der Waals surface area contributed by atoms with Crippen LogP contribution in [-0.2, 0) is 0 Å². The van der Waals surface area contributed by atoms with Crippen LogP contribution in [0.5, 0.6) is 0 Å². The number of nitrogen functional groups attached to an aromatic ring is 1. The molecule has 0 radical (unpaired) electrons. The number of carbonyl (C=O) groups is 1. The Kier molecular flexibility index (Phi) is 4.80. The zero-order valence-electron chi connectivity index (χ0n) is 11.6. The molecule has 1 aliphatic rings. The number of amides is 1. The molecule has 1 atom stereocenters. The van der Waals surface area contributed by atoms with Gasteiger partial charge in [0, 0.05) is 23.8 Å². The number of piperidine rings is 1. The monoisotopic (exact) mass is 261 g/mol. The molecule has 1 amide bonds. The first kappa shape index (κ1) is 13.9. The molecule has 0 bridgehead atoms. The third kappa shape index (κ3) is 3.96. The lowest BCUT2D eigenvalue weighted by molar-refractivity contribution is 0.0930. The third-order valence-corrected chi connectivity index (χ3v) is 3.72. The molecule has 0 aromatic heterocycles. The van der Waals surface area contributed by atoms with Crippen molar-refractivity contribution < 1.29 is 4.79 Å². The minimum Gasteiger partial charge on any atom is -0.399 e. The minimum atomic E-state index is -0.0452. The van der Waals surface area contributed by atoms with E-state index in [1.54, 1.807) is 24.3 Å². The summed E-state index contributed by atoms with van der Waals surface area (Å²) >= 11 is 0. The summed E-state index contributed by atoms with van der Waals surface area (Å²) in [5.41, 5.74) is 6.93. The molecule has 1 aromatic carbocycles. The van der Waals surface area contributed by atoms with E-state index in [9.17, 15) is 4.79 Å². The van der Waals surface area contributed by atoms with Crippen molar-refractivity contribution in [3.05, 3.63) is 29.8 Å². The molecule has 0 aliphatic carbocycles. The molecule has 0 saturated carbocycles. The van der Waals surface area contributed by atoms with Crippen molar-refractivity contribution in [3.8, 4) is 0 Å². The maximum absolute atomic E-state index is 12.0. The number of rotatable bonds is 4. The SMILES string of the molecule is CC(CNC(=O)c1cccc(N)c1)N1CCCCC1. The van der Waals surface area contributed by atoms with E-state index in [0.717, 1.165) is 13.1 Å². The Morgan fingerprint density at radius 2 is 2.11 bits per heavy atom. The van der Waals surface area contributed by atoms with E-state index >= 15 is 0 Å². The second-order valence-electron chi connectivity index (χ2n) is 5.28. The standard InChI is InChI=1S/C15H23N3O/c1-12(18-8-3-2-4-9-18)11-17-15(19)13-6-5-7-14(16)10-13/h5-7,10,12H,2-4,8-9,11,16H2,1H3,(H,17,19). The molecular formula is C15H23N3O. The van der Waals surface area contributed by atoms with E-state index in [4.69, 9.17) is 5.73 Å². The van der Waals surface area contributed by atoms with Crippen LogP contribution in [-0.4, -0.2) is 36.5 Å². The van der Waals surface area contributed by atoms with Crippen molar-refractivity contribution in [1.29, 1.82) is 0 Å². The van der Waals surface area contributed by atoms with E-state index in [0.29, 0.717) is 23.8 Å². The van der Waals surface area contributed by atoms with Gasteiger partial charge in [0.2, 0.25) is 0 Å². The van der Waals surface area contributed by atoms with Gasteiger partial charge in [0.15, 0.2) is 0 Å². The van der Waals surface area contributed by atoms with E-state index < -0.39 is 0 Å². The summed E-state index contributed by atoms with van der Waals surface area (Å²) in [6.07, 6.45) is 3.87. The normalized spacial score (nSPS) is 17.9. The number of likely N-dealkylation sites (tertiary alicyclic amines) is 1. The van der Waals surface area contributed by atoms with Gasteiger partial charge in [-0.15, -0.1) is 0 Å². The highest BCUT2D eigenvalue weighted by Gasteiger charge is 2.17. The maximum Gasteiger partial charge on any atom is 0.251 e. The zero-order chi connectivity index (χ0) is 13.7. The quantitative estimate of drug-likeness (QED) is 0.814. The van der Waals surface area contributed by atoms with Crippen LogP contribution in [0.1, 0.15) is 36.5 Å².